The number of nitrogens with one attached hydrogen (secondary N) is 1. The average molecular weight is 388 g/mol. The summed E-state index contributed by atoms with van der Waals surface area (Å²) in [7, 11) is 0. The molecule has 146 valence electrons. The van der Waals surface area contributed by atoms with Crippen molar-refractivity contribution >= 4 is 17.5 Å². The normalized spacial score (nSPS) is 13.9. The highest BCUT2D eigenvalue weighted by molar-refractivity contribution is 5.99. The fraction of sp³-hybridized carbons (Fsp3) is 0.167. The summed E-state index contributed by atoms with van der Waals surface area (Å²) in [6.45, 7) is 2.40. The van der Waals surface area contributed by atoms with Crippen LogP contribution in [0.25, 0.3) is 0 Å². The van der Waals surface area contributed by atoms with E-state index in [-0.39, 0.29) is 24.1 Å². The van der Waals surface area contributed by atoms with Gasteiger partial charge in [-0.2, -0.15) is 0 Å². The van der Waals surface area contributed by atoms with E-state index in [2.05, 4.69) is 5.32 Å². The minimum Gasteiger partial charge on any atom is -0.327 e. The van der Waals surface area contributed by atoms with Crippen LogP contribution in [0.1, 0.15) is 39.5 Å². The molecule has 5 heteroatoms. The Hall–Kier alpha value is -3.47. The smallest absolute Gasteiger partial charge is 0.255 e. The molecule has 4 rings (SSSR count). The van der Waals surface area contributed by atoms with E-state index in [0.717, 1.165) is 16.7 Å². The third-order valence-corrected chi connectivity index (χ3v) is 5.19. The van der Waals surface area contributed by atoms with Crippen LogP contribution in [0.3, 0.4) is 0 Å². The number of halogens is 1. The highest BCUT2D eigenvalue weighted by Crippen LogP contribution is 2.33. The maximum atomic E-state index is 13.4. The molecule has 0 aliphatic carbocycles. The molecule has 0 unspecified atom stereocenters. The van der Waals surface area contributed by atoms with Gasteiger partial charge in [-0.25, -0.2) is 4.39 Å². The number of aryl methyl sites for hydroxylation is 1. The van der Waals surface area contributed by atoms with Crippen LogP contribution in [0.2, 0.25) is 0 Å². The third kappa shape index (κ3) is 4.04. The second-order valence-electron chi connectivity index (χ2n) is 7.28. The molecule has 1 atom stereocenters. The van der Waals surface area contributed by atoms with Crippen molar-refractivity contribution in [1.29, 1.82) is 0 Å². The second-order valence-corrected chi connectivity index (χ2v) is 7.28. The number of amides is 2. The van der Waals surface area contributed by atoms with Crippen LogP contribution in [-0.2, 0) is 11.3 Å². The Morgan fingerprint density at radius 3 is 2.41 bits per heavy atom. The topological polar surface area (TPSA) is 49.4 Å². The molecule has 0 radical (unpaired) electrons. The van der Waals surface area contributed by atoms with Crippen LogP contribution >= 0.6 is 0 Å². The number of carbonyl (C=O) groups excluding carboxylic acids is 2. The number of rotatable bonds is 5. The van der Waals surface area contributed by atoms with Crippen LogP contribution in [0.5, 0.6) is 0 Å². The zero-order valence-corrected chi connectivity index (χ0v) is 16.1. The first-order chi connectivity index (χ1) is 14.0. The summed E-state index contributed by atoms with van der Waals surface area (Å²) in [5.74, 6) is -0.669. The lowest BCUT2D eigenvalue weighted by molar-refractivity contribution is -0.117. The highest BCUT2D eigenvalue weighted by Gasteiger charge is 2.34. The van der Waals surface area contributed by atoms with E-state index in [1.807, 2.05) is 49.4 Å². The van der Waals surface area contributed by atoms with E-state index in [1.54, 1.807) is 23.1 Å². The standard InChI is InChI=1S/C24H21FN2O2/c1-16-6-12-20(13-7-16)26-23(28)14-22(17-8-10-19(25)11-9-17)27-15-18-4-2-3-5-21(18)24(27)29/h2-13,22H,14-15H2,1H3,(H,26,28)/t22-/m0/s1. The minimum atomic E-state index is -0.485. The Bertz CT molecular complexity index is 1050. The molecule has 1 heterocycles. The van der Waals surface area contributed by atoms with E-state index in [1.165, 1.54) is 12.1 Å². The summed E-state index contributed by atoms with van der Waals surface area (Å²) in [6.07, 6.45) is 0.0826. The Labute approximate surface area is 169 Å². The molecular formula is C24H21FN2O2. The molecule has 1 N–H and O–H groups in total. The van der Waals surface area contributed by atoms with Gasteiger partial charge in [0, 0.05) is 17.8 Å². The molecule has 3 aromatic carbocycles. The van der Waals surface area contributed by atoms with Gasteiger partial charge in [-0.3, -0.25) is 9.59 Å². The van der Waals surface area contributed by atoms with Crippen molar-refractivity contribution in [3.8, 4) is 0 Å². The molecule has 0 spiro atoms. The average Bonchev–Trinajstić information content (AvgIpc) is 3.05. The lowest BCUT2D eigenvalue weighted by Crippen LogP contribution is -2.32. The van der Waals surface area contributed by atoms with Gasteiger partial charge < -0.3 is 10.2 Å². The number of anilines is 1. The lowest BCUT2D eigenvalue weighted by atomic mass is 10.0. The minimum absolute atomic E-state index is 0.0826. The number of nitrogens with zero attached hydrogens (tertiary/aromatic N) is 1. The number of benzene rings is 3. The van der Waals surface area contributed by atoms with E-state index in [0.29, 0.717) is 17.8 Å². The van der Waals surface area contributed by atoms with Crippen LogP contribution in [0.15, 0.2) is 72.8 Å². The molecule has 29 heavy (non-hydrogen) atoms. The summed E-state index contributed by atoms with van der Waals surface area (Å²) in [5, 5.41) is 2.89. The lowest BCUT2D eigenvalue weighted by Gasteiger charge is -2.28. The Morgan fingerprint density at radius 1 is 1.03 bits per heavy atom. The third-order valence-electron chi connectivity index (χ3n) is 5.19. The van der Waals surface area contributed by atoms with Gasteiger partial charge in [0.1, 0.15) is 5.82 Å². The molecule has 0 fully saturated rings. The number of fused-ring (bicyclic) bond motifs is 1. The molecule has 0 saturated carbocycles. The number of hydrogen-bond donors (Lipinski definition) is 1. The zero-order valence-electron chi connectivity index (χ0n) is 16.1. The summed E-state index contributed by atoms with van der Waals surface area (Å²) < 4.78 is 13.4. The zero-order chi connectivity index (χ0) is 20.4. The fourth-order valence-electron chi connectivity index (χ4n) is 3.65. The van der Waals surface area contributed by atoms with E-state index in [4.69, 9.17) is 0 Å². The maximum absolute atomic E-state index is 13.4. The van der Waals surface area contributed by atoms with Crippen LogP contribution in [0, 0.1) is 12.7 Å². The van der Waals surface area contributed by atoms with Crippen LogP contribution in [-0.4, -0.2) is 16.7 Å². The van der Waals surface area contributed by atoms with Gasteiger partial charge >= 0.3 is 0 Å². The highest BCUT2D eigenvalue weighted by atomic mass is 19.1. The van der Waals surface area contributed by atoms with Gasteiger partial charge in [-0.1, -0.05) is 48.0 Å². The molecule has 0 aromatic heterocycles. The summed E-state index contributed by atoms with van der Waals surface area (Å²) >= 11 is 0. The van der Waals surface area contributed by atoms with Crippen LogP contribution < -0.4 is 5.32 Å². The predicted octanol–water partition coefficient (Wildman–Crippen LogP) is 4.86. The second kappa shape index (κ2) is 7.87. The number of hydrogen-bond acceptors (Lipinski definition) is 2. The summed E-state index contributed by atoms with van der Waals surface area (Å²) in [6, 6.07) is 20.5. The summed E-state index contributed by atoms with van der Waals surface area (Å²) in [5.41, 5.74) is 4.12. The largest absolute Gasteiger partial charge is 0.327 e. The first-order valence-corrected chi connectivity index (χ1v) is 9.52. The molecule has 1 aliphatic rings. The van der Waals surface area contributed by atoms with Crippen molar-refractivity contribution in [1.82, 2.24) is 4.90 Å². The summed E-state index contributed by atoms with van der Waals surface area (Å²) in [4.78, 5) is 27.4. The fourth-order valence-corrected chi connectivity index (χ4v) is 3.65. The Kier molecular flexibility index (Phi) is 5.12. The van der Waals surface area contributed by atoms with Crippen molar-refractivity contribution in [3.63, 3.8) is 0 Å². The van der Waals surface area contributed by atoms with Crippen LogP contribution in [0.4, 0.5) is 10.1 Å². The number of carbonyl (C=O) groups is 2. The Balaban J connectivity index is 1.59. The van der Waals surface area contributed by atoms with Gasteiger partial charge in [0.2, 0.25) is 5.91 Å². The molecule has 0 saturated heterocycles. The van der Waals surface area contributed by atoms with Crippen molar-refractivity contribution in [2.45, 2.75) is 25.9 Å². The monoisotopic (exact) mass is 388 g/mol. The molecular weight excluding hydrogens is 367 g/mol. The van der Waals surface area contributed by atoms with E-state index >= 15 is 0 Å². The quantitative estimate of drug-likeness (QED) is 0.679. The van der Waals surface area contributed by atoms with Crippen molar-refractivity contribution < 1.29 is 14.0 Å². The van der Waals surface area contributed by atoms with Gasteiger partial charge in [-0.15, -0.1) is 0 Å². The van der Waals surface area contributed by atoms with Gasteiger partial charge in [0.05, 0.1) is 12.5 Å². The SMILES string of the molecule is Cc1ccc(NC(=O)C[C@@H](c2ccc(F)cc2)N2Cc3ccccc3C2=O)cc1. The van der Waals surface area contributed by atoms with E-state index in [9.17, 15) is 14.0 Å². The predicted molar refractivity (Wildman–Crippen MR) is 110 cm³/mol. The van der Waals surface area contributed by atoms with Gasteiger partial charge in [0.25, 0.3) is 5.91 Å². The van der Waals surface area contributed by atoms with Crippen molar-refractivity contribution in [2.75, 3.05) is 5.32 Å². The van der Waals surface area contributed by atoms with Gasteiger partial charge in [-0.05, 0) is 48.4 Å². The first kappa shape index (κ1) is 18.9. The molecule has 0 bridgehead atoms. The van der Waals surface area contributed by atoms with Crippen molar-refractivity contribution in [3.05, 3.63) is 101 Å². The van der Waals surface area contributed by atoms with E-state index < -0.39 is 6.04 Å². The van der Waals surface area contributed by atoms with Gasteiger partial charge in [0.15, 0.2) is 0 Å². The van der Waals surface area contributed by atoms with Crippen molar-refractivity contribution in [2.24, 2.45) is 0 Å². The molecule has 2 amide bonds. The molecule has 1 aliphatic heterocycles. The Morgan fingerprint density at radius 2 is 1.72 bits per heavy atom. The molecule has 3 aromatic rings. The maximum Gasteiger partial charge on any atom is 0.255 e. The first-order valence-electron chi connectivity index (χ1n) is 9.52. The molecule has 4 nitrogen and oxygen atoms in total.